The lowest BCUT2D eigenvalue weighted by Crippen LogP contribution is -2.27. The second kappa shape index (κ2) is 4.99. The van der Waals surface area contributed by atoms with Gasteiger partial charge in [0.05, 0.1) is 0 Å². The highest BCUT2D eigenvalue weighted by molar-refractivity contribution is 6.30. The van der Waals surface area contributed by atoms with Gasteiger partial charge in [-0.2, -0.15) is 0 Å². The van der Waals surface area contributed by atoms with Gasteiger partial charge in [-0.05, 0) is 37.0 Å². The quantitative estimate of drug-likeness (QED) is 0.756. The lowest BCUT2D eigenvalue weighted by Gasteiger charge is -2.18. The van der Waals surface area contributed by atoms with E-state index in [1.807, 2.05) is 31.2 Å². The van der Waals surface area contributed by atoms with E-state index in [0.717, 1.165) is 24.3 Å². The van der Waals surface area contributed by atoms with Crippen LogP contribution in [-0.2, 0) is 11.2 Å². The van der Waals surface area contributed by atoms with Crippen LogP contribution in [-0.4, -0.2) is 11.7 Å². The SMILES string of the molecule is CC1(CCl)CCC(Cc2ccc(Cl)cc2)C1=O. The first-order valence-electron chi connectivity index (χ1n) is 5.90. The molecule has 2 rings (SSSR count). The number of Topliss-reactive ketones (excluding diaryl/α,β-unsaturated/α-hetero) is 1. The summed E-state index contributed by atoms with van der Waals surface area (Å²) in [5, 5.41) is 0.733. The van der Waals surface area contributed by atoms with Crippen LogP contribution < -0.4 is 0 Å². The van der Waals surface area contributed by atoms with Crippen LogP contribution in [0.15, 0.2) is 24.3 Å². The Hall–Kier alpha value is -0.530. The van der Waals surface area contributed by atoms with Crippen molar-refractivity contribution in [2.24, 2.45) is 11.3 Å². The molecular formula is C14H16Cl2O. The smallest absolute Gasteiger partial charge is 0.143 e. The Bertz CT molecular complexity index is 413. The summed E-state index contributed by atoms with van der Waals surface area (Å²) in [6.45, 7) is 1.98. The summed E-state index contributed by atoms with van der Waals surface area (Å²) < 4.78 is 0. The van der Waals surface area contributed by atoms with Crippen molar-refractivity contribution in [2.45, 2.75) is 26.2 Å². The summed E-state index contributed by atoms with van der Waals surface area (Å²) in [7, 11) is 0. The van der Waals surface area contributed by atoms with E-state index in [2.05, 4.69) is 0 Å². The molecule has 1 fully saturated rings. The van der Waals surface area contributed by atoms with Gasteiger partial charge < -0.3 is 0 Å². The van der Waals surface area contributed by atoms with E-state index < -0.39 is 0 Å². The normalized spacial score (nSPS) is 28.6. The molecule has 1 aromatic rings. The third-order valence-electron chi connectivity index (χ3n) is 3.70. The first kappa shape index (κ1) is 12.9. The predicted molar refractivity (Wildman–Crippen MR) is 71.7 cm³/mol. The van der Waals surface area contributed by atoms with E-state index in [4.69, 9.17) is 23.2 Å². The van der Waals surface area contributed by atoms with Gasteiger partial charge in [0.15, 0.2) is 0 Å². The number of carbonyl (C=O) groups excluding carboxylic acids is 1. The fourth-order valence-corrected chi connectivity index (χ4v) is 2.86. The van der Waals surface area contributed by atoms with Crippen LogP contribution in [0.5, 0.6) is 0 Å². The highest BCUT2D eigenvalue weighted by atomic mass is 35.5. The van der Waals surface area contributed by atoms with E-state index in [0.29, 0.717) is 11.7 Å². The zero-order chi connectivity index (χ0) is 12.5. The third-order valence-corrected chi connectivity index (χ3v) is 4.54. The average Bonchev–Trinajstić information content (AvgIpc) is 2.61. The third kappa shape index (κ3) is 2.66. The van der Waals surface area contributed by atoms with Gasteiger partial charge in [-0.1, -0.05) is 30.7 Å². The number of rotatable bonds is 3. The minimum atomic E-state index is -0.307. The minimum absolute atomic E-state index is 0.125. The molecule has 2 unspecified atom stereocenters. The van der Waals surface area contributed by atoms with Gasteiger partial charge in [0.25, 0.3) is 0 Å². The van der Waals surface area contributed by atoms with Gasteiger partial charge in [-0.15, -0.1) is 11.6 Å². The largest absolute Gasteiger partial charge is 0.299 e. The number of benzene rings is 1. The van der Waals surface area contributed by atoms with Crippen LogP contribution in [0, 0.1) is 11.3 Å². The zero-order valence-corrected chi connectivity index (χ0v) is 11.4. The Morgan fingerprint density at radius 3 is 2.53 bits per heavy atom. The van der Waals surface area contributed by atoms with E-state index in [9.17, 15) is 4.79 Å². The number of carbonyl (C=O) groups is 1. The van der Waals surface area contributed by atoms with Crippen molar-refractivity contribution in [3.05, 3.63) is 34.9 Å². The standard InChI is InChI=1S/C14H16Cl2O/c1-14(9-15)7-6-11(13(14)17)8-10-2-4-12(16)5-3-10/h2-5,11H,6-9H2,1H3. The van der Waals surface area contributed by atoms with E-state index in [1.165, 1.54) is 5.56 Å². The molecule has 2 atom stereocenters. The van der Waals surface area contributed by atoms with Crippen molar-refractivity contribution in [1.29, 1.82) is 0 Å². The molecule has 0 spiro atoms. The zero-order valence-electron chi connectivity index (χ0n) is 9.88. The lowest BCUT2D eigenvalue weighted by atomic mass is 9.87. The maximum absolute atomic E-state index is 12.2. The molecule has 1 aliphatic rings. The number of ketones is 1. The Morgan fingerprint density at radius 1 is 1.35 bits per heavy atom. The average molecular weight is 271 g/mol. The summed E-state index contributed by atoms with van der Waals surface area (Å²) in [5.74, 6) is 0.880. The van der Waals surface area contributed by atoms with Gasteiger partial charge in [0.2, 0.25) is 0 Å². The maximum Gasteiger partial charge on any atom is 0.143 e. The Labute approximate surface area is 112 Å². The van der Waals surface area contributed by atoms with Gasteiger partial charge >= 0.3 is 0 Å². The second-order valence-electron chi connectivity index (χ2n) is 5.12. The monoisotopic (exact) mass is 270 g/mol. The Morgan fingerprint density at radius 2 is 2.00 bits per heavy atom. The van der Waals surface area contributed by atoms with E-state index in [1.54, 1.807) is 0 Å². The van der Waals surface area contributed by atoms with Gasteiger partial charge in [-0.25, -0.2) is 0 Å². The molecule has 1 nitrogen and oxygen atoms in total. The molecule has 0 amide bonds. The molecule has 0 N–H and O–H groups in total. The molecule has 1 aromatic carbocycles. The van der Waals surface area contributed by atoms with Crippen LogP contribution in [0.2, 0.25) is 5.02 Å². The predicted octanol–water partition coefficient (Wildman–Crippen LogP) is 4.11. The molecule has 0 saturated heterocycles. The highest BCUT2D eigenvalue weighted by Gasteiger charge is 2.43. The van der Waals surface area contributed by atoms with Crippen molar-refractivity contribution in [3.63, 3.8) is 0 Å². The summed E-state index contributed by atoms with van der Waals surface area (Å²) in [6, 6.07) is 7.73. The van der Waals surface area contributed by atoms with E-state index >= 15 is 0 Å². The molecule has 0 aliphatic heterocycles. The second-order valence-corrected chi connectivity index (χ2v) is 5.83. The molecule has 1 saturated carbocycles. The molecule has 1 aliphatic carbocycles. The van der Waals surface area contributed by atoms with Crippen molar-refractivity contribution in [1.82, 2.24) is 0 Å². The molecule has 17 heavy (non-hydrogen) atoms. The molecule has 92 valence electrons. The molecule has 0 radical (unpaired) electrons. The number of hydrogen-bond donors (Lipinski definition) is 0. The van der Waals surface area contributed by atoms with Crippen LogP contribution in [0.1, 0.15) is 25.3 Å². The van der Waals surface area contributed by atoms with Gasteiger partial charge in [-0.3, -0.25) is 4.79 Å². The molecular weight excluding hydrogens is 255 g/mol. The van der Waals surface area contributed by atoms with Crippen LogP contribution in [0.3, 0.4) is 0 Å². The Balaban J connectivity index is 2.06. The van der Waals surface area contributed by atoms with Crippen LogP contribution in [0.4, 0.5) is 0 Å². The first-order valence-corrected chi connectivity index (χ1v) is 6.81. The van der Waals surface area contributed by atoms with Crippen molar-refractivity contribution >= 4 is 29.0 Å². The maximum atomic E-state index is 12.2. The van der Waals surface area contributed by atoms with Crippen LogP contribution in [0.25, 0.3) is 0 Å². The van der Waals surface area contributed by atoms with Crippen molar-refractivity contribution in [2.75, 3.05) is 5.88 Å². The number of alkyl halides is 1. The Kier molecular flexibility index (Phi) is 3.79. The minimum Gasteiger partial charge on any atom is -0.299 e. The van der Waals surface area contributed by atoms with Gasteiger partial charge in [0, 0.05) is 22.2 Å². The molecule has 0 bridgehead atoms. The highest BCUT2D eigenvalue weighted by Crippen LogP contribution is 2.40. The fraction of sp³-hybridized carbons (Fsp3) is 0.500. The van der Waals surface area contributed by atoms with Crippen molar-refractivity contribution < 1.29 is 4.79 Å². The summed E-state index contributed by atoms with van der Waals surface area (Å²) in [6.07, 6.45) is 2.67. The topological polar surface area (TPSA) is 17.1 Å². The molecule has 0 heterocycles. The molecule has 3 heteroatoms. The van der Waals surface area contributed by atoms with Crippen molar-refractivity contribution in [3.8, 4) is 0 Å². The molecule has 0 aromatic heterocycles. The van der Waals surface area contributed by atoms with Crippen LogP contribution >= 0.6 is 23.2 Å². The first-order chi connectivity index (χ1) is 8.05. The number of halogens is 2. The fourth-order valence-electron chi connectivity index (χ4n) is 2.47. The summed E-state index contributed by atoms with van der Waals surface area (Å²) in [5.41, 5.74) is 0.866. The summed E-state index contributed by atoms with van der Waals surface area (Å²) >= 11 is 11.7. The van der Waals surface area contributed by atoms with Gasteiger partial charge in [0.1, 0.15) is 5.78 Å². The number of hydrogen-bond acceptors (Lipinski definition) is 1. The lowest BCUT2D eigenvalue weighted by molar-refractivity contribution is -0.127. The van der Waals surface area contributed by atoms with E-state index in [-0.39, 0.29) is 11.3 Å². The summed E-state index contributed by atoms with van der Waals surface area (Å²) in [4.78, 5) is 12.2.